The third kappa shape index (κ3) is 3.74. The fourth-order valence-corrected chi connectivity index (χ4v) is 3.74. The number of ether oxygens (including phenoxy) is 1. The molecule has 2 aromatic rings. The van der Waals surface area contributed by atoms with E-state index >= 15 is 0 Å². The number of nitrogens with zero attached hydrogens (tertiary/aromatic N) is 3. The number of hydrogen-bond donors (Lipinski definition) is 2. The molecule has 24 heavy (non-hydrogen) atoms. The second-order valence-corrected chi connectivity index (χ2v) is 7.49. The van der Waals surface area contributed by atoms with Crippen molar-refractivity contribution in [1.29, 1.82) is 0 Å². The van der Waals surface area contributed by atoms with Crippen molar-refractivity contribution in [2.75, 3.05) is 13.1 Å². The molecule has 1 fully saturated rings. The summed E-state index contributed by atoms with van der Waals surface area (Å²) in [6.45, 7) is 3.58. The van der Waals surface area contributed by atoms with Crippen molar-refractivity contribution in [2.45, 2.75) is 30.9 Å². The van der Waals surface area contributed by atoms with Gasteiger partial charge in [-0.1, -0.05) is 0 Å². The Morgan fingerprint density at radius 2 is 2.33 bits per heavy atom. The molecule has 0 aromatic carbocycles. The largest absolute Gasteiger partial charge is 0.489 e. The molecule has 2 aromatic heterocycles. The average molecular weight is 351 g/mol. The molecular formula is C15H21N5O3S. The van der Waals surface area contributed by atoms with Crippen LogP contribution in [0.3, 0.4) is 0 Å². The summed E-state index contributed by atoms with van der Waals surface area (Å²) in [6, 6.07) is 3.54. The molecule has 2 N–H and O–H groups in total. The van der Waals surface area contributed by atoms with Gasteiger partial charge < -0.3 is 10.1 Å². The van der Waals surface area contributed by atoms with E-state index < -0.39 is 10.0 Å². The number of rotatable bonds is 6. The van der Waals surface area contributed by atoms with Gasteiger partial charge in [0.1, 0.15) is 16.7 Å². The Labute approximate surface area is 141 Å². The van der Waals surface area contributed by atoms with Crippen LogP contribution in [0, 0.1) is 6.92 Å². The predicted molar refractivity (Wildman–Crippen MR) is 88.1 cm³/mol. The summed E-state index contributed by atoms with van der Waals surface area (Å²) >= 11 is 0. The van der Waals surface area contributed by atoms with Crippen LogP contribution in [0.15, 0.2) is 29.4 Å². The van der Waals surface area contributed by atoms with E-state index in [1.807, 2.05) is 0 Å². The van der Waals surface area contributed by atoms with Crippen LogP contribution in [0.2, 0.25) is 0 Å². The monoisotopic (exact) mass is 351 g/mol. The second-order valence-electron chi connectivity index (χ2n) is 5.76. The Bertz CT molecular complexity index is 812. The van der Waals surface area contributed by atoms with Crippen LogP contribution in [0.4, 0.5) is 0 Å². The van der Waals surface area contributed by atoms with E-state index in [4.69, 9.17) is 4.74 Å². The molecule has 1 aliphatic heterocycles. The molecule has 0 radical (unpaired) electrons. The third-order valence-corrected chi connectivity index (χ3v) is 5.53. The van der Waals surface area contributed by atoms with Crippen molar-refractivity contribution in [3.63, 3.8) is 0 Å². The van der Waals surface area contributed by atoms with Gasteiger partial charge in [-0.3, -0.25) is 9.67 Å². The zero-order valence-corrected chi connectivity index (χ0v) is 14.5. The predicted octanol–water partition coefficient (Wildman–Crippen LogP) is 0.343. The van der Waals surface area contributed by atoms with Crippen LogP contribution in [-0.2, 0) is 23.6 Å². The van der Waals surface area contributed by atoms with Gasteiger partial charge in [-0.2, -0.15) is 5.10 Å². The molecule has 0 spiro atoms. The van der Waals surface area contributed by atoms with Gasteiger partial charge in [-0.05, 0) is 26.0 Å². The van der Waals surface area contributed by atoms with Gasteiger partial charge in [-0.25, -0.2) is 13.1 Å². The molecule has 0 saturated carbocycles. The van der Waals surface area contributed by atoms with E-state index in [1.54, 1.807) is 32.3 Å². The molecule has 9 heteroatoms. The number of aromatic nitrogens is 3. The average Bonchev–Trinajstić information content (AvgIpc) is 3.17. The van der Waals surface area contributed by atoms with Crippen LogP contribution in [0.25, 0.3) is 0 Å². The van der Waals surface area contributed by atoms with E-state index in [2.05, 4.69) is 20.1 Å². The Morgan fingerprint density at radius 3 is 3.00 bits per heavy atom. The standard InChI is InChI=1S/C15H21N5O3S/c1-11-15(10-18-20(11)2)24(21,22)19-8-12-7-13(4-6-17-12)23-14-3-5-16-9-14/h4,6-7,10,14,16,19H,3,5,8-9H2,1-2H3. The highest BCUT2D eigenvalue weighted by Crippen LogP contribution is 2.17. The Morgan fingerprint density at radius 1 is 1.50 bits per heavy atom. The summed E-state index contributed by atoms with van der Waals surface area (Å²) in [5, 5.41) is 7.20. The molecule has 130 valence electrons. The van der Waals surface area contributed by atoms with Crippen molar-refractivity contribution in [2.24, 2.45) is 7.05 Å². The zero-order valence-electron chi connectivity index (χ0n) is 13.7. The summed E-state index contributed by atoms with van der Waals surface area (Å²) in [7, 11) is -1.92. The van der Waals surface area contributed by atoms with Crippen molar-refractivity contribution >= 4 is 10.0 Å². The highest BCUT2D eigenvalue weighted by Gasteiger charge is 2.20. The van der Waals surface area contributed by atoms with E-state index in [9.17, 15) is 8.42 Å². The minimum Gasteiger partial charge on any atom is -0.489 e. The number of hydrogen-bond acceptors (Lipinski definition) is 6. The molecular weight excluding hydrogens is 330 g/mol. The van der Waals surface area contributed by atoms with Crippen LogP contribution < -0.4 is 14.8 Å². The quantitative estimate of drug-likeness (QED) is 0.779. The lowest BCUT2D eigenvalue weighted by Gasteiger charge is -2.13. The minimum absolute atomic E-state index is 0.0940. The first kappa shape index (κ1) is 16.9. The van der Waals surface area contributed by atoms with Crippen LogP contribution in [0.5, 0.6) is 5.75 Å². The summed E-state index contributed by atoms with van der Waals surface area (Å²) in [4.78, 5) is 4.37. The minimum atomic E-state index is -3.63. The molecule has 0 bridgehead atoms. The third-order valence-electron chi connectivity index (χ3n) is 4.03. The molecule has 3 heterocycles. The van der Waals surface area contributed by atoms with Crippen molar-refractivity contribution in [3.8, 4) is 5.75 Å². The van der Waals surface area contributed by atoms with Crippen molar-refractivity contribution < 1.29 is 13.2 Å². The first-order chi connectivity index (χ1) is 11.5. The topological polar surface area (TPSA) is 98.1 Å². The maximum atomic E-state index is 12.4. The Kier molecular flexibility index (Phi) is 4.83. The second kappa shape index (κ2) is 6.88. The van der Waals surface area contributed by atoms with E-state index in [0.29, 0.717) is 17.1 Å². The summed E-state index contributed by atoms with van der Waals surface area (Å²) in [5.41, 5.74) is 1.19. The lowest BCUT2D eigenvalue weighted by Crippen LogP contribution is -2.24. The van der Waals surface area contributed by atoms with Gasteiger partial charge in [-0.15, -0.1) is 0 Å². The Balaban J connectivity index is 1.66. The summed E-state index contributed by atoms with van der Waals surface area (Å²) in [5.74, 6) is 0.699. The van der Waals surface area contributed by atoms with E-state index in [1.165, 1.54) is 10.9 Å². The van der Waals surface area contributed by atoms with Gasteiger partial charge >= 0.3 is 0 Å². The first-order valence-corrected chi connectivity index (χ1v) is 9.24. The fraction of sp³-hybridized carbons (Fsp3) is 0.467. The Hall–Kier alpha value is -1.97. The first-order valence-electron chi connectivity index (χ1n) is 7.76. The highest BCUT2D eigenvalue weighted by atomic mass is 32.2. The van der Waals surface area contributed by atoms with Gasteiger partial charge in [0, 0.05) is 25.9 Å². The molecule has 1 saturated heterocycles. The fourth-order valence-electron chi connectivity index (χ4n) is 2.54. The summed E-state index contributed by atoms with van der Waals surface area (Å²) in [6.07, 6.45) is 4.08. The molecule has 1 unspecified atom stereocenters. The molecule has 0 aliphatic carbocycles. The molecule has 1 atom stereocenters. The van der Waals surface area contributed by atoms with Crippen LogP contribution in [-0.4, -0.2) is 42.4 Å². The molecule has 1 aliphatic rings. The molecule has 3 rings (SSSR count). The number of nitrogens with one attached hydrogen (secondary N) is 2. The molecule has 8 nitrogen and oxygen atoms in total. The zero-order chi connectivity index (χ0) is 17.2. The number of aryl methyl sites for hydroxylation is 1. The lowest BCUT2D eigenvalue weighted by atomic mass is 10.3. The highest BCUT2D eigenvalue weighted by molar-refractivity contribution is 7.89. The number of sulfonamides is 1. The summed E-state index contributed by atoms with van der Waals surface area (Å²) < 4.78 is 34.7. The normalized spacial score (nSPS) is 18.0. The van der Waals surface area contributed by atoms with Crippen molar-refractivity contribution in [1.82, 2.24) is 24.8 Å². The SMILES string of the molecule is Cc1c(S(=O)(=O)NCc2cc(OC3CCNC3)ccn2)cnn1C. The number of pyridine rings is 1. The van der Waals surface area contributed by atoms with E-state index in [0.717, 1.165) is 19.5 Å². The van der Waals surface area contributed by atoms with Gasteiger partial charge in [0.25, 0.3) is 0 Å². The van der Waals surface area contributed by atoms with Gasteiger partial charge in [0.15, 0.2) is 0 Å². The van der Waals surface area contributed by atoms with E-state index in [-0.39, 0.29) is 17.5 Å². The van der Waals surface area contributed by atoms with Gasteiger partial charge in [0.05, 0.1) is 24.1 Å². The lowest BCUT2D eigenvalue weighted by molar-refractivity contribution is 0.222. The van der Waals surface area contributed by atoms with Crippen LogP contribution >= 0.6 is 0 Å². The molecule has 0 amide bonds. The smallest absolute Gasteiger partial charge is 0.244 e. The van der Waals surface area contributed by atoms with Crippen molar-refractivity contribution in [3.05, 3.63) is 35.9 Å². The maximum Gasteiger partial charge on any atom is 0.244 e. The maximum absolute atomic E-state index is 12.4. The van der Waals surface area contributed by atoms with Crippen LogP contribution in [0.1, 0.15) is 17.8 Å². The van der Waals surface area contributed by atoms with Gasteiger partial charge in [0.2, 0.25) is 10.0 Å².